The van der Waals surface area contributed by atoms with Gasteiger partial charge >= 0.3 is 0 Å². The van der Waals surface area contributed by atoms with Crippen molar-refractivity contribution in [2.75, 3.05) is 20.3 Å². The molecule has 0 fully saturated rings. The molecule has 0 bridgehead atoms. The summed E-state index contributed by atoms with van der Waals surface area (Å²) in [6.07, 6.45) is 2.18. The molecule has 0 saturated heterocycles. The fourth-order valence-corrected chi connectivity index (χ4v) is 1.98. The van der Waals surface area contributed by atoms with Crippen LogP contribution < -0.4 is 14.8 Å². The van der Waals surface area contributed by atoms with Crippen LogP contribution in [0.15, 0.2) is 18.2 Å². The largest absolute Gasteiger partial charge is 0.493 e. The molecule has 0 saturated carbocycles. The molecule has 1 aromatic rings. The Morgan fingerprint density at radius 1 is 1.22 bits per heavy atom. The van der Waals surface area contributed by atoms with Gasteiger partial charge in [-0.2, -0.15) is 0 Å². The molecule has 1 aromatic carbocycles. The summed E-state index contributed by atoms with van der Waals surface area (Å²) < 4.78 is 10.9. The van der Waals surface area contributed by atoms with E-state index in [-0.39, 0.29) is 0 Å². The van der Waals surface area contributed by atoms with Crippen LogP contribution in [-0.4, -0.2) is 26.3 Å². The third kappa shape index (κ3) is 4.57. The summed E-state index contributed by atoms with van der Waals surface area (Å²) >= 11 is 0. The lowest BCUT2D eigenvalue weighted by atomic mass is 10.1. The minimum Gasteiger partial charge on any atom is -0.493 e. The number of hydrogen-bond donors (Lipinski definition) is 1. The number of hydrogen-bond acceptors (Lipinski definition) is 3. The predicted octanol–water partition coefficient (Wildman–Crippen LogP) is 3.02. The van der Waals surface area contributed by atoms with Gasteiger partial charge in [-0.3, -0.25) is 0 Å². The van der Waals surface area contributed by atoms with E-state index in [0.717, 1.165) is 30.9 Å². The molecule has 0 aliphatic carbocycles. The lowest BCUT2D eigenvalue weighted by Crippen LogP contribution is -2.25. The van der Waals surface area contributed by atoms with Gasteiger partial charge in [-0.15, -0.1) is 0 Å². The van der Waals surface area contributed by atoms with Gasteiger partial charge in [0.1, 0.15) is 0 Å². The number of ether oxygens (including phenoxy) is 2. The maximum absolute atomic E-state index is 5.58. The quantitative estimate of drug-likeness (QED) is 0.770. The minimum absolute atomic E-state index is 0.549. The summed E-state index contributed by atoms with van der Waals surface area (Å²) in [4.78, 5) is 0. The maximum atomic E-state index is 5.58. The van der Waals surface area contributed by atoms with E-state index in [1.165, 1.54) is 5.56 Å². The van der Waals surface area contributed by atoms with E-state index in [0.29, 0.717) is 12.6 Å². The zero-order chi connectivity index (χ0) is 13.4. The zero-order valence-electron chi connectivity index (χ0n) is 12.0. The molecule has 1 atom stereocenters. The van der Waals surface area contributed by atoms with Gasteiger partial charge in [-0.25, -0.2) is 0 Å². The van der Waals surface area contributed by atoms with Crippen molar-refractivity contribution in [1.29, 1.82) is 0 Å². The lowest BCUT2D eigenvalue weighted by Gasteiger charge is -2.14. The highest BCUT2D eigenvalue weighted by Gasteiger charge is 2.06. The Hall–Kier alpha value is -1.22. The number of rotatable bonds is 8. The molecule has 3 nitrogen and oxygen atoms in total. The summed E-state index contributed by atoms with van der Waals surface area (Å²) in [6, 6.07) is 6.73. The van der Waals surface area contributed by atoms with Crippen molar-refractivity contribution in [3.8, 4) is 11.5 Å². The molecule has 0 heterocycles. The Morgan fingerprint density at radius 3 is 2.61 bits per heavy atom. The molecule has 0 radical (unpaired) electrons. The SMILES string of the molecule is CCNC(C)CCc1ccc(OC)c(OCC)c1. The average molecular weight is 251 g/mol. The second-order valence-electron chi connectivity index (χ2n) is 4.42. The predicted molar refractivity (Wildman–Crippen MR) is 75.6 cm³/mol. The van der Waals surface area contributed by atoms with Gasteiger partial charge in [0.25, 0.3) is 0 Å². The van der Waals surface area contributed by atoms with Crippen molar-refractivity contribution in [1.82, 2.24) is 5.32 Å². The van der Waals surface area contributed by atoms with Gasteiger partial charge in [0.15, 0.2) is 11.5 Å². The first kappa shape index (κ1) is 14.8. The molecular weight excluding hydrogens is 226 g/mol. The molecule has 0 aliphatic heterocycles. The zero-order valence-corrected chi connectivity index (χ0v) is 12.0. The van der Waals surface area contributed by atoms with E-state index in [9.17, 15) is 0 Å². The van der Waals surface area contributed by atoms with Crippen LogP contribution in [0.25, 0.3) is 0 Å². The molecule has 0 spiro atoms. The van der Waals surface area contributed by atoms with Gasteiger partial charge in [-0.1, -0.05) is 13.0 Å². The first-order chi connectivity index (χ1) is 8.71. The highest BCUT2D eigenvalue weighted by atomic mass is 16.5. The van der Waals surface area contributed by atoms with Gasteiger partial charge in [-0.05, 0) is 50.9 Å². The second kappa shape index (κ2) is 7.98. The summed E-state index contributed by atoms with van der Waals surface area (Å²) in [5.74, 6) is 1.65. The van der Waals surface area contributed by atoms with E-state index in [2.05, 4.69) is 31.3 Å². The van der Waals surface area contributed by atoms with Crippen LogP contribution in [0.4, 0.5) is 0 Å². The summed E-state index contributed by atoms with van der Waals surface area (Å²) in [5, 5.41) is 3.42. The van der Waals surface area contributed by atoms with Crippen molar-refractivity contribution < 1.29 is 9.47 Å². The lowest BCUT2D eigenvalue weighted by molar-refractivity contribution is 0.310. The molecule has 0 amide bonds. The Balaban J connectivity index is 2.63. The standard InChI is InChI=1S/C15H25NO2/c1-5-16-12(3)7-8-13-9-10-14(17-4)15(11-13)18-6-2/h9-12,16H,5-8H2,1-4H3. The Kier molecular flexibility index (Phi) is 6.58. The van der Waals surface area contributed by atoms with Crippen LogP contribution >= 0.6 is 0 Å². The molecule has 0 aromatic heterocycles. The van der Waals surface area contributed by atoms with Crippen molar-refractivity contribution in [2.45, 2.75) is 39.7 Å². The van der Waals surface area contributed by atoms with Crippen molar-refractivity contribution in [2.24, 2.45) is 0 Å². The number of nitrogens with one attached hydrogen (secondary N) is 1. The minimum atomic E-state index is 0.549. The molecule has 0 aliphatic rings. The molecule has 1 rings (SSSR count). The average Bonchev–Trinajstić information content (AvgIpc) is 2.37. The summed E-state index contributed by atoms with van der Waals surface area (Å²) in [5.41, 5.74) is 1.30. The topological polar surface area (TPSA) is 30.5 Å². The van der Waals surface area contributed by atoms with Crippen LogP contribution in [0.3, 0.4) is 0 Å². The van der Waals surface area contributed by atoms with Crippen LogP contribution in [0, 0.1) is 0 Å². The van der Waals surface area contributed by atoms with E-state index in [4.69, 9.17) is 9.47 Å². The van der Waals surface area contributed by atoms with Gasteiger partial charge in [0.05, 0.1) is 13.7 Å². The van der Waals surface area contributed by atoms with Crippen LogP contribution in [-0.2, 0) is 6.42 Å². The number of benzene rings is 1. The maximum Gasteiger partial charge on any atom is 0.161 e. The summed E-state index contributed by atoms with van der Waals surface area (Å²) in [6.45, 7) is 8.02. The second-order valence-corrected chi connectivity index (χ2v) is 4.42. The highest BCUT2D eigenvalue weighted by Crippen LogP contribution is 2.28. The molecule has 18 heavy (non-hydrogen) atoms. The normalized spacial score (nSPS) is 12.2. The Morgan fingerprint density at radius 2 is 2.00 bits per heavy atom. The van der Waals surface area contributed by atoms with Gasteiger partial charge in [0.2, 0.25) is 0 Å². The summed E-state index contributed by atoms with van der Waals surface area (Å²) in [7, 11) is 1.67. The van der Waals surface area contributed by atoms with Crippen molar-refractivity contribution >= 4 is 0 Å². The van der Waals surface area contributed by atoms with Crippen LogP contribution in [0.1, 0.15) is 32.8 Å². The first-order valence-corrected chi connectivity index (χ1v) is 6.74. The van der Waals surface area contributed by atoms with Crippen LogP contribution in [0.5, 0.6) is 11.5 Å². The first-order valence-electron chi connectivity index (χ1n) is 6.74. The van der Waals surface area contributed by atoms with Crippen molar-refractivity contribution in [3.05, 3.63) is 23.8 Å². The van der Waals surface area contributed by atoms with E-state index < -0.39 is 0 Å². The van der Waals surface area contributed by atoms with E-state index in [1.807, 2.05) is 13.0 Å². The smallest absolute Gasteiger partial charge is 0.161 e. The fraction of sp³-hybridized carbons (Fsp3) is 0.600. The molecule has 1 unspecified atom stereocenters. The fourth-order valence-electron chi connectivity index (χ4n) is 1.98. The molecular formula is C15H25NO2. The van der Waals surface area contributed by atoms with Crippen molar-refractivity contribution in [3.63, 3.8) is 0 Å². The van der Waals surface area contributed by atoms with Gasteiger partial charge in [0, 0.05) is 6.04 Å². The number of aryl methyl sites for hydroxylation is 1. The molecule has 1 N–H and O–H groups in total. The number of methoxy groups -OCH3 is 1. The van der Waals surface area contributed by atoms with Crippen LogP contribution in [0.2, 0.25) is 0 Å². The highest BCUT2D eigenvalue weighted by molar-refractivity contribution is 5.43. The monoisotopic (exact) mass is 251 g/mol. The van der Waals surface area contributed by atoms with E-state index >= 15 is 0 Å². The molecule has 3 heteroatoms. The van der Waals surface area contributed by atoms with Gasteiger partial charge < -0.3 is 14.8 Å². The third-order valence-corrected chi connectivity index (χ3v) is 2.95. The third-order valence-electron chi connectivity index (χ3n) is 2.95. The van der Waals surface area contributed by atoms with E-state index in [1.54, 1.807) is 7.11 Å². The molecule has 102 valence electrons. The Labute approximate surface area is 110 Å². The Bertz CT molecular complexity index is 352.